The van der Waals surface area contributed by atoms with Crippen molar-refractivity contribution >= 4 is 114 Å². The van der Waals surface area contributed by atoms with Gasteiger partial charge in [0.2, 0.25) is 5.78 Å². The van der Waals surface area contributed by atoms with Crippen LogP contribution in [0.3, 0.4) is 0 Å². The van der Waals surface area contributed by atoms with Crippen molar-refractivity contribution in [2.45, 2.75) is 14.7 Å². The van der Waals surface area contributed by atoms with Gasteiger partial charge < -0.3 is 33.4 Å². The molecule has 1 aliphatic carbocycles. The number of hydrazone groups is 1. The molecule has 24 nitrogen and oxygen atoms in total. The molecule has 0 fully saturated rings. The molecule has 0 atom stereocenters. The van der Waals surface area contributed by atoms with Gasteiger partial charge >= 0.3 is 118 Å². The Labute approximate surface area is 498 Å². The molecule has 0 unspecified atom stereocenters. The number of carbonyl (C=O) groups excluding carboxylic acids is 1. The van der Waals surface area contributed by atoms with Crippen LogP contribution in [0.25, 0.3) is 16.8 Å². The zero-order valence-electron chi connectivity index (χ0n) is 38.4. The molecule has 32 heteroatoms. The molecule has 6 aromatic rings. The zero-order valence-corrected chi connectivity index (χ0v) is 49.6. The van der Waals surface area contributed by atoms with Gasteiger partial charge in [0.05, 0.1) is 56.6 Å². The molecule has 0 aliphatic heterocycles. The van der Waals surface area contributed by atoms with Crippen LogP contribution in [-0.2, 0) is 40.5 Å². The molecular weight excluding hydrogens is 1070 g/mol. The fraction of sp³-hybridized carbons (Fsp3) is 0.0500. The van der Waals surface area contributed by atoms with Crippen LogP contribution < -0.4 is 139 Å². The number of hydrogen-bond acceptors (Lipinski definition) is 24. The third-order valence-electron chi connectivity index (χ3n) is 9.54. The van der Waals surface area contributed by atoms with E-state index in [1.165, 1.54) is 87.0 Å². The van der Waals surface area contributed by atoms with Gasteiger partial charge in [0.1, 0.15) is 80.4 Å². The van der Waals surface area contributed by atoms with E-state index in [0.29, 0.717) is 0 Å². The predicted molar refractivity (Wildman–Crippen MR) is 237 cm³/mol. The molecule has 72 heavy (non-hydrogen) atoms. The van der Waals surface area contributed by atoms with E-state index in [9.17, 15) is 56.7 Å². The number of rotatable bonds is 14. The molecule has 0 radical (unpaired) electrons. The molecule has 0 bridgehead atoms. The number of hydrogen-bond donors (Lipinski definition) is 2. The number of azo groups is 3. The number of nitrogens with one attached hydrogen (secondary N) is 1. The molecule has 0 saturated carbocycles. The van der Waals surface area contributed by atoms with Crippen LogP contribution in [-0.4, -0.2) is 77.6 Å². The Morgan fingerprint density at radius 3 is 1.75 bits per heavy atom. The number of allylic oxidation sites excluding steroid dienone is 1. The Bertz CT molecular complexity index is 3750. The first-order chi connectivity index (χ1) is 32.0. The number of methoxy groups -OCH3 is 2. The first-order valence-corrected chi connectivity index (χ1v) is 24.2. The standard InChI is InChI=1S/C40H31N9O15S4.4Na/c1-63-34-20-33(47-49-39-37(68(60,61)62)18-27-25(40(39)50)12-13-28(41)38(27)48-42-21-6-5-7-22(16-21)65(51,52)53)35(64-2)19-32(34)46-44-30-15-14-29(24-11-10-23(17-26(24)30)66(54,55)56)43-45-31-8-3-4-9-36(31)67(57,58)59;;;;/h3-20,47H,41H2,1-2H3,(H,51,52,53)(H,54,55,56)(H,57,58,59)(H,60,61,62);;;;/q;4*+1/p-4/b45-43?,46-44?,48-42?,49-39+;;;;. The second-order valence-corrected chi connectivity index (χ2v) is 19.2. The minimum Gasteiger partial charge on any atom is -0.744 e. The summed E-state index contributed by atoms with van der Waals surface area (Å²) in [6.45, 7) is 0. The largest absolute Gasteiger partial charge is 1.00 e. The molecule has 0 heterocycles. The molecule has 0 saturated heterocycles. The quantitative estimate of drug-likeness (QED) is 0.0339. The van der Waals surface area contributed by atoms with E-state index in [1.54, 1.807) is 0 Å². The van der Waals surface area contributed by atoms with Crippen molar-refractivity contribution in [2.75, 3.05) is 25.4 Å². The summed E-state index contributed by atoms with van der Waals surface area (Å²) in [6.07, 6.45) is 0.805. The number of anilines is 2. The van der Waals surface area contributed by atoms with Crippen molar-refractivity contribution in [3.05, 3.63) is 119 Å². The van der Waals surface area contributed by atoms with Gasteiger partial charge in [-0.1, -0.05) is 24.3 Å². The average Bonchev–Trinajstić information content (AvgIpc) is 3.28. The van der Waals surface area contributed by atoms with Crippen molar-refractivity contribution in [3.8, 4) is 11.5 Å². The summed E-state index contributed by atoms with van der Waals surface area (Å²) in [6, 6.07) is 20.4. The van der Waals surface area contributed by atoms with Crippen molar-refractivity contribution in [1.82, 2.24) is 0 Å². The maximum Gasteiger partial charge on any atom is 1.00 e. The summed E-state index contributed by atoms with van der Waals surface area (Å²) >= 11 is 0. The van der Waals surface area contributed by atoms with Gasteiger partial charge in [-0.2, -0.15) is 10.2 Å². The van der Waals surface area contributed by atoms with Gasteiger partial charge in [0, 0.05) is 34.0 Å². The first-order valence-electron chi connectivity index (χ1n) is 18.6. The van der Waals surface area contributed by atoms with E-state index in [2.05, 4.69) is 41.2 Å². The maximum atomic E-state index is 13.9. The Morgan fingerprint density at radius 2 is 1.14 bits per heavy atom. The van der Waals surface area contributed by atoms with E-state index in [0.717, 1.165) is 36.4 Å². The SMILES string of the molecule is COc1cc(N/N=C2/C(=O)c3ccc(N)c(N=Nc4cccc(S(=O)(=O)[O-])c4)c3C=C2S(=O)(=O)[O-])c(OC)cc1N=Nc1ccc(N=Nc2ccccc2S(=O)(=O)[O-])c2ccc(S(=O)(=O)[O-])cc12.[Na+].[Na+].[Na+].[Na+]. The number of ether oxygens (including phenoxy) is 2. The van der Waals surface area contributed by atoms with Crippen molar-refractivity contribution < 1.29 is 184 Å². The summed E-state index contributed by atoms with van der Waals surface area (Å²) in [7, 11) is -17.8. The van der Waals surface area contributed by atoms with E-state index >= 15 is 0 Å². The minimum atomic E-state index is -5.47. The van der Waals surface area contributed by atoms with Crippen LogP contribution in [0.5, 0.6) is 11.5 Å². The molecule has 6 aromatic carbocycles. The molecule has 350 valence electrons. The van der Waals surface area contributed by atoms with Crippen LogP contribution >= 0.6 is 0 Å². The van der Waals surface area contributed by atoms with Gasteiger partial charge in [-0.3, -0.25) is 10.2 Å². The van der Waals surface area contributed by atoms with Gasteiger partial charge in [0.25, 0.3) is 0 Å². The predicted octanol–water partition coefficient (Wildman–Crippen LogP) is -5.04. The summed E-state index contributed by atoms with van der Waals surface area (Å²) < 4.78 is 155. The number of carbonyl (C=O) groups is 1. The van der Waals surface area contributed by atoms with Gasteiger partial charge in [0.15, 0.2) is 0 Å². The topological polar surface area (TPSA) is 389 Å². The number of fused-ring (bicyclic) bond motifs is 2. The molecule has 0 spiro atoms. The van der Waals surface area contributed by atoms with Crippen LogP contribution in [0.2, 0.25) is 0 Å². The second-order valence-electron chi connectivity index (χ2n) is 13.8. The van der Waals surface area contributed by atoms with Gasteiger partial charge in [-0.15, -0.1) is 25.6 Å². The second kappa shape index (κ2) is 25.2. The van der Waals surface area contributed by atoms with Crippen molar-refractivity contribution in [3.63, 3.8) is 0 Å². The summed E-state index contributed by atoms with van der Waals surface area (Å²) in [5.74, 6) is -1.18. The van der Waals surface area contributed by atoms with Crippen LogP contribution in [0, 0.1) is 0 Å². The molecule has 3 N–H and O–H groups in total. The van der Waals surface area contributed by atoms with Crippen LogP contribution in [0.1, 0.15) is 15.9 Å². The fourth-order valence-corrected chi connectivity index (χ4v) is 8.64. The number of nitrogens with two attached hydrogens (primary N) is 1. The molecule has 7 rings (SSSR count). The van der Waals surface area contributed by atoms with E-state index in [-0.39, 0.29) is 197 Å². The van der Waals surface area contributed by atoms with E-state index < -0.39 is 71.6 Å². The summed E-state index contributed by atoms with van der Waals surface area (Å²) in [4.78, 5) is 10.9. The van der Waals surface area contributed by atoms with Gasteiger partial charge in [-0.05, 0) is 72.8 Å². The van der Waals surface area contributed by atoms with Crippen LogP contribution in [0.4, 0.5) is 45.5 Å². The number of ketones is 1. The minimum absolute atomic E-state index is 0. The van der Waals surface area contributed by atoms with Crippen molar-refractivity contribution in [2.24, 2.45) is 35.8 Å². The molecule has 0 aromatic heterocycles. The van der Waals surface area contributed by atoms with E-state index in [1.807, 2.05) is 0 Å². The molecular formula is C40H27N9Na4O15S4. The Morgan fingerprint density at radius 1 is 0.542 bits per heavy atom. The first kappa shape index (κ1) is 62.6. The summed E-state index contributed by atoms with van der Waals surface area (Å²) in [5, 5.41) is 28.4. The molecule has 1 aliphatic rings. The molecule has 0 amide bonds. The third kappa shape index (κ3) is 14.4. The summed E-state index contributed by atoms with van der Waals surface area (Å²) in [5.41, 5.74) is 6.36. The van der Waals surface area contributed by atoms with E-state index in [4.69, 9.17) is 15.2 Å². The number of benzene rings is 6. The average molecular weight is 1090 g/mol. The third-order valence-corrected chi connectivity index (χ3v) is 12.9. The Balaban J connectivity index is 0.00000342. The zero-order chi connectivity index (χ0) is 49.3. The maximum absolute atomic E-state index is 13.9. The number of Topliss-reactive ketones (excluding diaryl/α,β-unsaturated/α-hetero) is 1. The Hall–Kier alpha value is -3.70. The smallest absolute Gasteiger partial charge is 0.744 e. The fourth-order valence-electron chi connectivity index (χ4n) is 6.38. The number of nitrogen functional groups attached to an aromatic ring is 1. The van der Waals surface area contributed by atoms with Gasteiger partial charge in [-0.25, -0.2) is 33.7 Å². The van der Waals surface area contributed by atoms with Crippen molar-refractivity contribution in [1.29, 1.82) is 0 Å². The van der Waals surface area contributed by atoms with Crippen LogP contribution in [0.15, 0.2) is 159 Å². The number of nitrogens with zero attached hydrogens (tertiary/aromatic N) is 7. The Kier molecular flexibility index (Phi) is 21.9. The monoisotopic (exact) mass is 1090 g/mol. The normalized spacial score (nSPS) is 13.4.